The summed E-state index contributed by atoms with van der Waals surface area (Å²) >= 11 is 0. The van der Waals surface area contributed by atoms with Gasteiger partial charge < -0.3 is 19.1 Å². The van der Waals surface area contributed by atoms with E-state index >= 15 is 0 Å². The molecule has 152 valence electrons. The monoisotopic (exact) mass is 395 g/mol. The van der Waals surface area contributed by atoms with Crippen LogP contribution in [0.15, 0.2) is 48.5 Å². The first kappa shape index (κ1) is 19.3. The molecular weight excluding hydrogens is 370 g/mol. The number of carbonyl (C=O) groups is 2. The SMILES string of the molecule is COc1ccc2c(c1)OC1(CCN(C(=O)CCOc3ccccc3)CC1)CC2=O. The number of piperidine rings is 1. The zero-order valence-corrected chi connectivity index (χ0v) is 16.6. The Morgan fingerprint density at radius 1 is 1.10 bits per heavy atom. The molecule has 1 amide bonds. The van der Waals surface area contributed by atoms with E-state index in [2.05, 4.69) is 0 Å². The van der Waals surface area contributed by atoms with Crippen molar-refractivity contribution in [3.63, 3.8) is 0 Å². The Kier molecular flexibility index (Phi) is 5.43. The Labute approximate surface area is 170 Å². The van der Waals surface area contributed by atoms with Crippen molar-refractivity contribution in [2.24, 2.45) is 0 Å². The first-order valence-electron chi connectivity index (χ1n) is 9.94. The predicted octanol–water partition coefficient (Wildman–Crippen LogP) is 3.49. The van der Waals surface area contributed by atoms with Gasteiger partial charge in [0.1, 0.15) is 22.8 Å². The number of likely N-dealkylation sites (tertiary alicyclic amines) is 1. The van der Waals surface area contributed by atoms with Crippen molar-refractivity contribution in [3.05, 3.63) is 54.1 Å². The minimum Gasteiger partial charge on any atom is -0.497 e. The lowest BCUT2D eigenvalue weighted by Crippen LogP contribution is -2.52. The molecule has 0 aromatic heterocycles. The zero-order valence-electron chi connectivity index (χ0n) is 16.6. The quantitative estimate of drug-likeness (QED) is 0.775. The second-order valence-electron chi connectivity index (χ2n) is 7.54. The van der Waals surface area contributed by atoms with E-state index in [4.69, 9.17) is 14.2 Å². The van der Waals surface area contributed by atoms with E-state index in [-0.39, 0.29) is 11.7 Å². The maximum absolute atomic E-state index is 12.6. The van der Waals surface area contributed by atoms with Gasteiger partial charge in [0.25, 0.3) is 0 Å². The number of hydrogen-bond donors (Lipinski definition) is 0. The van der Waals surface area contributed by atoms with E-state index in [0.717, 1.165) is 5.75 Å². The predicted molar refractivity (Wildman–Crippen MR) is 108 cm³/mol. The number of rotatable bonds is 5. The highest BCUT2D eigenvalue weighted by atomic mass is 16.5. The fourth-order valence-corrected chi connectivity index (χ4v) is 3.98. The van der Waals surface area contributed by atoms with Gasteiger partial charge in [-0.3, -0.25) is 9.59 Å². The molecule has 2 aromatic carbocycles. The summed E-state index contributed by atoms with van der Waals surface area (Å²) in [6.45, 7) is 1.51. The lowest BCUT2D eigenvalue weighted by Gasteiger charge is -2.44. The maximum Gasteiger partial charge on any atom is 0.226 e. The van der Waals surface area contributed by atoms with Crippen molar-refractivity contribution in [2.75, 3.05) is 26.8 Å². The number of amides is 1. The van der Waals surface area contributed by atoms with Crippen molar-refractivity contribution >= 4 is 11.7 Å². The van der Waals surface area contributed by atoms with Crippen LogP contribution < -0.4 is 14.2 Å². The van der Waals surface area contributed by atoms with Crippen LogP contribution in [-0.4, -0.2) is 49.0 Å². The molecule has 2 heterocycles. The van der Waals surface area contributed by atoms with Crippen LogP contribution in [0.25, 0.3) is 0 Å². The van der Waals surface area contributed by atoms with Crippen molar-refractivity contribution in [1.82, 2.24) is 4.90 Å². The molecule has 1 saturated heterocycles. The summed E-state index contributed by atoms with van der Waals surface area (Å²) < 4.78 is 17.2. The largest absolute Gasteiger partial charge is 0.497 e. The van der Waals surface area contributed by atoms with Crippen molar-refractivity contribution in [3.8, 4) is 17.2 Å². The third-order valence-corrected chi connectivity index (χ3v) is 5.65. The van der Waals surface area contributed by atoms with Gasteiger partial charge in [-0.1, -0.05) is 18.2 Å². The van der Waals surface area contributed by atoms with Gasteiger partial charge in [0, 0.05) is 32.0 Å². The van der Waals surface area contributed by atoms with Crippen LogP contribution >= 0.6 is 0 Å². The summed E-state index contributed by atoms with van der Waals surface area (Å²) in [6.07, 6.45) is 1.97. The summed E-state index contributed by atoms with van der Waals surface area (Å²) in [5.41, 5.74) is 0.0707. The van der Waals surface area contributed by atoms with Crippen LogP contribution in [0.3, 0.4) is 0 Å². The van der Waals surface area contributed by atoms with Crippen LogP contribution in [0.4, 0.5) is 0 Å². The van der Waals surface area contributed by atoms with Gasteiger partial charge in [0.15, 0.2) is 5.78 Å². The molecule has 0 N–H and O–H groups in total. The second-order valence-corrected chi connectivity index (χ2v) is 7.54. The van der Waals surface area contributed by atoms with E-state index in [1.54, 1.807) is 25.3 Å². The summed E-state index contributed by atoms with van der Waals surface area (Å²) in [4.78, 5) is 27.0. The van der Waals surface area contributed by atoms with Gasteiger partial charge in [0.2, 0.25) is 5.91 Å². The van der Waals surface area contributed by atoms with Gasteiger partial charge in [-0.15, -0.1) is 0 Å². The first-order chi connectivity index (χ1) is 14.1. The molecule has 2 aliphatic heterocycles. The number of methoxy groups -OCH3 is 1. The lowest BCUT2D eigenvalue weighted by molar-refractivity contribution is -0.135. The number of para-hydroxylation sites is 1. The number of ketones is 1. The van der Waals surface area contributed by atoms with Crippen LogP contribution in [-0.2, 0) is 4.79 Å². The Morgan fingerprint density at radius 2 is 1.86 bits per heavy atom. The molecule has 0 unspecified atom stereocenters. The van der Waals surface area contributed by atoms with Gasteiger partial charge in [0.05, 0.1) is 32.1 Å². The van der Waals surface area contributed by atoms with Gasteiger partial charge in [-0.05, 0) is 24.3 Å². The molecule has 4 rings (SSSR count). The highest BCUT2D eigenvalue weighted by Crippen LogP contribution is 2.40. The zero-order chi connectivity index (χ0) is 20.3. The van der Waals surface area contributed by atoms with Gasteiger partial charge in [-0.25, -0.2) is 0 Å². The first-order valence-corrected chi connectivity index (χ1v) is 9.94. The third kappa shape index (κ3) is 4.21. The summed E-state index contributed by atoms with van der Waals surface area (Å²) in [5, 5.41) is 0. The van der Waals surface area contributed by atoms with E-state index in [9.17, 15) is 9.59 Å². The highest BCUT2D eigenvalue weighted by Gasteiger charge is 2.43. The normalized spacial score (nSPS) is 17.4. The van der Waals surface area contributed by atoms with Gasteiger partial charge >= 0.3 is 0 Å². The number of nitrogens with zero attached hydrogens (tertiary/aromatic N) is 1. The Morgan fingerprint density at radius 3 is 2.59 bits per heavy atom. The molecule has 0 radical (unpaired) electrons. The van der Waals surface area contributed by atoms with E-state index in [1.165, 1.54) is 0 Å². The van der Waals surface area contributed by atoms with E-state index in [0.29, 0.717) is 62.4 Å². The van der Waals surface area contributed by atoms with Crippen molar-refractivity contribution in [1.29, 1.82) is 0 Å². The standard InChI is InChI=1S/C23H25NO5/c1-27-18-7-8-19-20(25)16-23(29-21(19)15-18)10-12-24(13-11-23)22(26)9-14-28-17-5-3-2-4-6-17/h2-8,15H,9-14,16H2,1H3. The van der Waals surface area contributed by atoms with Crippen LogP contribution in [0.2, 0.25) is 0 Å². The van der Waals surface area contributed by atoms with E-state index in [1.807, 2.05) is 35.2 Å². The average molecular weight is 395 g/mol. The number of Topliss-reactive ketones (excluding diaryl/α,β-unsaturated/α-hetero) is 1. The Hall–Kier alpha value is -3.02. The summed E-state index contributed by atoms with van der Waals surface area (Å²) in [6, 6.07) is 14.8. The number of carbonyl (C=O) groups excluding carboxylic acids is 2. The third-order valence-electron chi connectivity index (χ3n) is 5.65. The minimum absolute atomic E-state index is 0.0694. The molecule has 1 spiro atoms. The molecular formula is C23H25NO5. The fraction of sp³-hybridized carbons (Fsp3) is 0.391. The van der Waals surface area contributed by atoms with E-state index < -0.39 is 5.60 Å². The Bertz CT molecular complexity index is 887. The average Bonchev–Trinajstić information content (AvgIpc) is 2.74. The van der Waals surface area contributed by atoms with Gasteiger partial charge in [-0.2, -0.15) is 0 Å². The van der Waals surface area contributed by atoms with Crippen molar-refractivity contribution < 1.29 is 23.8 Å². The summed E-state index contributed by atoms with van der Waals surface area (Å²) in [7, 11) is 1.59. The molecule has 6 heteroatoms. The lowest BCUT2D eigenvalue weighted by atomic mass is 9.82. The number of hydrogen-bond acceptors (Lipinski definition) is 5. The molecule has 2 aliphatic rings. The van der Waals surface area contributed by atoms with Crippen LogP contribution in [0.5, 0.6) is 17.2 Å². The topological polar surface area (TPSA) is 65.1 Å². The molecule has 6 nitrogen and oxygen atoms in total. The molecule has 0 saturated carbocycles. The smallest absolute Gasteiger partial charge is 0.226 e. The maximum atomic E-state index is 12.6. The Balaban J connectivity index is 1.32. The molecule has 0 aliphatic carbocycles. The number of benzene rings is 2. The summed E-state index contributed by atoms with van der Waals surface area (Å²) in [5.74, 6) is 2.17. The second kappa shape index (κ2) is 8.15. The molecule has 2 aromatic rings. The number of ether oxygens (including phenoxy) is 3. The van der Waals surface area contributed by atoms with Crippen molar-refractivity contribution in [2.45, 2.75) is 31.3 Å². The molecule has 1 fully saturated rings. The fourth-order valence-electron chi connectivity index (χ4n) is 3.98. The molecule has 0 atom stereocenters. The molecule has 0 bridgehead atoms. The molecule has 29 heavy (non-hydrogen) atoms. The van der Waals surface area contributed by atoms with Crippen LogP contribution in [0.1, 0.15) is 36.0 Å². The minimum atomic E-state index is -0.534. The van der Waals surface area contributed by atoms with Crippen LogP contribution in [0, 0.1) is 0 Å². The highest BCUT2D eigenvalue weighted by molar-refractivity contribution is 6.00. The number of fused-ring (bicyclic) bond motifs is 1.